The van der Waals surface area contributed by atoms with Crippen LogP contribution in [0.2, 0.25) is 0 Å². The molecule has 0 unspecified atom stereocenters. The number of carboxylic acids is 1. The SMILES string of the molecule is O=C(O)c1cc(S(=O)(=O)O)cc(N=Nc2cc(S(=O)(=O)O)c3ccccc3c2O)c1O. The first-order valence-electron chi connectivity index (χ1n) is 8.02. The molecule has 0 spiro atoms. The van der Waals surface area contributed by atoms with Crippen LogP contribution in [-0.4, -0.2) is 47.2 Å². The molecule has 0 aromatic heterocycles. The number of aromatic hydroxyl groups is 2. The van der Waals surface area contributed by atoms with Gasteiger partial charge in [0.15, 0.2) is 11.5 Å². The molecular weight excluding hydrogens is 456 g/mol. The summed E-state index contributed by atoms with van der Waals surface area (Å²) in [6.07, 6.45) is 0. The Balaban J connectivity index is 2.26. The number of nitrogens with zero attached hydrogens (tertiary/aromatic N) is 2. The summed E-state index contributed by atoms with van der Waals surface area (Å²) in [6, 6.07) is 7.47. The fraction of sp³-hybridized carbons (Fsp3) is 0. The number of hydrogen-bond donors (Lipinski definition) is 5. The van der Waals surface area contributed by atoms with E-state index in [1.807, 2.05) is 0 Å². The minimum atomic E-state index is -4.88. The molecule has 0 amide bonds. The molecule has 0 saturated heterocycles. The largest absolute Gasteiger partial charge is 0.505 e. The van der Waals surface area contributed by atoms with E-state index in [-0.39, 0.29) is 10.8 Å². The quantitative estimate of drug-likeness (QED) is 0.273. The van der Waals surface area contributed by atoms with E-state index in [0.29, 0.717) is 12.1 Å². The summed E-state index contributed by atoms with van der Waals surface area (Å²) in [5, 5.41) is 36.5. The smallest absolute Gasteiger partial charge is 0.339 e. The zero-order valence-electron chi connectivity index (χ0n) is 15.0. The van der Waals surface area contributed by atoms with Gasteiger partial charge < -0.3 is 15.3 Å². The highest BCUT2D eigenvalue weighted by Crippen LogP contribution is 2.41. The van der Waals surface area contributed by atoms with Crippen LogP contribution in [0.3, 0.4) is 0 Å². The zero-order chi connectivity index (χ0) is 23.1. The Labute approximate surface area is 174 Å². The first-order valence-corrected chi connectivity index (χ1v) is 10.9. The lowest BCUT2D eigenvalue weighted by Gasteiger charge is -2.09. The van der Waals surface area contributed by atoms with Crippen LogP contribution in [0.4, 0.5) is 11.4 Å². The molecule has 0 atom stereocenters. The first-order chi connectivity index (χ1) is 14.3. The maximum atomic E-state index is 11.7. The van der Waals surface area contributed by atoms with E-state index in [1.54, 1.807) is 0 Å². The highest BCUT2D eigenvalue weighted by Gasteiger charge is 2.22. The third kappa shape index (κ3) is 4.31. The second kappa shape index (κ2) is 7.59. The highest BCUT2D eigenvalue weighted by atomic mass is 32.2. The molecule has 3 aromatic rings. The second-order valence-electron chi connectivity index (χ2n) is 6.08. The number of rotatable bonds is 5. The minimum absolute atomic E-state index is 0.0197. The van der Waals surface area contributed by atoms with Gasteiger partial charge in [0.05, 0.1) is 4.90 Å². The van der Waals surface area contributed by atoms with Gasteiger partial charge in [0, 0.05) is 10.8 Å². The van der Waals surface area contributed by atoms with E-state index in [1.165, 1.54) is 24.3 Å². The summed E-state index contributed by atoms with van der Waals surface area (Å²) < 4.78 is 64.8. The maximum Gasteiger partial charge on any atom is 0.339 e. The van der Waals surface area contributed by atoms with Crippen molar-refractivity contribution < 1.29 is 46.1 Å². The van der Waals surface area contributed by atoms with Crippen molar-refractivity contribution in [1.82, 2.24) is 0 Å². The van der Waals surface area contributed by atoms with Gasteiger partial charge in [-0.3, -0.25) is 9.11 Å². The molecule has 14 heteroatoms. The standard InChI is InChI=1S/C17H12N2O10S2/c20-15-10-4-2-1-3-9(10)14(31(27,28)29)7-13(15)19-18-12-6-8(30(24,25)26)5-11(16(12)21)17(22)23/h1-7,20-21H,(H,22,23)(H,24,25,26)(H,27,28,29). The van der Waals surface area contributed by atoms with E-state index >= 15 is 0 Å². The van der Waals surface area contributed by atoms with Crippen LogP contribution in [0.5, 0.6) is 11.5 Å². The number of benzene rings is 3. The summed E-state index contributed by atoms with van der Waals surface area (Å²) in [5.41, 5.74) is -2.13. The Kier molecular flexibility index (Phi) is 5.41. The molecule has 0 aliphatic heterocycles. The van der Waals surface area contributed by atoms with Crippen molar-refractivity contribution in [2.24, 2.45) is 10.2 Å². The number of aromatic carboxylic acids is 1. The molecule has 5 N–H and O–H groups in total. The van der Waals surface area contributed by atoms with Gasteiger partial charge in [0.2, 0.25) is 0 Å². The Morgan fingerprint density at radius 3 is 1.84 bits per heavy atom. The fourth-order valence-corrected chi connectivity index (χ4v) is 3.94. The molecule has 162 valence electrons. The number of azo groups is 1. The second-order valence-corrected chi connectivity index (χ2v) is 8.89. The molecule has 3 aromatic carbocycles. The van der Waals surface area contributed by atoms with Gasteiger partial charge in [0.25, 0.3) is 20.2 Å². The maximum absolute atomic E-state index is 11.7. The van der Waals surface area contributed by atoms with Crippen molar-refractivity contribution in [2.75, 3.05) is 0 Å². The lowest BCUT2D eigenvalue weighted by Crippen LogP contribution is -2.03. The van der Waals surface area contributed by atoms with Gasteiger partial charge in [-0.1, -0.05) is 24.3 Å². The number of hydrogen-bond acceptors (Lipinski definition) is 9. The Morgan fingerprint density at radius 2 is 1.32 bits per heavy atom. The number of fused-ring (bicyclic) bond motifs is 1. The summed E-state index contributed by atoms with van der Waals surface area (Å²) >= 11 is 0. The first kappa shape index (κ1) is 22.1. The molecule has 12 nitrogen and oxygen atoms in total. The third-order valence-electron chi connectivity index (χ3n) is 4.09. The van der Waals surface area contributed by atoms with Crippen LogP contribution in [0.1, 0.15) is 10.4 Å². The van der Waals surface area contributed by atoms with Gasteiger partial charge in [-0.2, -0.15) is 16.8 Å². The highest BCUT2D eigenvalue weighted by molar-refractivity contribution is 7.86. The molecular formula is C17H12N2O10S2. The Hall–Kier alpha value is -3.59. The molecule has 0 aliphatic carbocycles. The van der Waals surface area contributed by atoms with Gasteiger partial charge in [-0.05, 0) is 18.2 Å². The summed E-state index contributed by atoms with van der Waals surface area (Å²) in [4.78, 5) is 9.72. The molecule has 0 saturated carbocycles. The Bertz CT molecular complexity index is 1480. The molecule has 3 rings (SSSR count). The van der Waals surface area contributed by atoms with E-state index in [9.17, 15) is 40.9 Å². The van der Waals surface area contributed by atoms with Crippen LogP contribution < -0.4 is 0 Å². The number of carbonyl (C=O) groups is 1. The van der Waals surface area contributed by atoms with Crippen molar-refractivity contribution in [1.29, 1.82) is 0 Å². The van der Waals surface area contributed by atoms with Crippen molar-refractivity contribution >= 4 is 48.4 Å². The molecule has 31 heavy (non-hydrogen) atoms. The van der Waals surface area contributed by atoms with Gasteiger partial charge in [-0.25, -0.2) is 4.79 Å². The van der Waals surface area contributed by atoms with Gasteiger partial charge in [-0.15, -0.1) is 10.2 Å². The van der Waals surface area contributed by atoms with Gasteiger partial charge >= 0.3 is 5.97 Å². The van der Waals surface area contributed by atoms with Crippen molar-refractivity contribution in [2.45, 2.75) is 9.79 Å². The normalized spacial score (nSPS) is 12.5. The molecule has 0 bridgehead atoms. The van der Waals surface area contributed by atoms with Gasteiger partial charge in [0.1, 0.15) is 21.8 Å². The minimum Gasteiger partial charge on any atom is -0.505 e. The number of phenolic OH excluding ortho intramolecular Hbond substituents is 1. The topological polar surface area (TPSA) is 211 Å². The predicted octanol–water partition coefficient (Wildman–Crippen LogP) is 2.86. The van der Waals surface area contributed by atoms with Crippen LogP contribution in [0.25, 0.3) is 10.8 Å². The molecule has 0 fully saturated rings. The van der Waals surface area contributed by atoms with Crippen LogP contribution in [0, 0.1) is 0 Å². The monoisotopic (exact) mass is 468 g/mol. The number of phenols is 2. The van der Waals surface area contributed by atoms with E-state index in [2.05, 4.69) is 10.2 Å². The lowest BCUT2D eigenvalue weighted by molar-refractivity contribution is 0.0693. The van der Waals surface area contributed by atoms with Crippen LogP contribution >= 0.6 is 0 Å². The van der Waals surface area contributed by atoms with Crippen molar-refractivity contribution in [3.63, 3.8) is 0 Å². The summed E-state index contributed by atoms with van der Waals surface area (Å²) in [7, 11) is -9.64. The van der Waals surface area contributed by atoms with E-state index in [0.717, 1.165) is 6.07 Å². The van der Waals surface area contributed by atoms with Crippen LogP contribution in [-0.2, 0) is 20.2 Å². The van der Waals surface area contributed by atoms with E-state index in [4.69, 9.17) is 5.11 Å². The average Bonchev–Trinajstić information content (AvgIpc) is 2.66. The molecule has 0 heterocycles. The Morgan fingerprint density at radius 1 is 0.774 bits per heavy atom. The van der Waals surface area contributed by atoms with Crippen LogP contribution in [0.15, 0.2) is 62.5 Å². The van der Waals surface area contributed by atoms with E-state index < -0.39 is 64.4 Å². The van der Waals surface area contributed by atoms with Crippen molar-refractivity contribution in [3.8, 4) is 11.5 Å². The van der Waals surface area contributed by atoms with Crippen molar-refractivity contribution in [3.05, 3.63) is 48.0 Å². The third-order valence-corrected chi connectivity index (χ3v) is 5.82. The zero-order valence-corrected chi connectivity index (χ0v) is 16.7. The molecule has 0 radical (unpaired) electrons. The summed E-state index contributed by atoms with van der Waals surface area (Å²) in [5.74, 6) is -3.30. The average molecular weight is 468 g/mol. The summed E-state index contributed by atoms with van der Waals surface area (Å²) in [6.45, 7) is 0. The number of carboxylic acid groups (broad SMARTS) is 1. The lowest BCUT2D eigenvalue weighted by atomic mass is 10.1. The fourth-order valence-electron chi connectivity index (χ4n) is 2.69. The molecule has 0 aliphatic rings. The predicted molar refractivity (Wildman–Crippen MR) is 104 cm³/mol.